The summed E-state index contributed by atoms with van der Waals surface area (Å²) in [6, 6.07) is 8.30. The van der Waals surface area contributed by atoms with E-state index in [-0.39, 0.29) is 21.4 Å². The van der Waals surface area contributed by atoms with E-state index in [4.69, 9.17) is 16.9 Å². The van der Waals surface area contributed by atoms with Crippen LogP contribution in [0.3, 0.4) is 0 Å². The number of halogens is 1. The van der Waals surface area contributed by atoms with Gasteiger partial charge in [0.05, 0.1) is 16.5 Å². The van der Waals surface area contributed by atoms with Crippen molar-refractivity contribution < 1.29 is 13.5 Å². The number of nitriles is 1. The van der Waals surface area contributed by atoms with Crippen molar-refractivity contribution in [1.29, 1.82) is 5.26 Å². The summed E-state index contributed by atoms with van der Waals surface area (Å²) in [5.74, 6) is -0.804. The quantitative estimate of drug-likeness (QED) is 0.887. The van der Waals surface area contributed by atoms with Crippen LogP contribution < -0.4 is 4.72 Å². The lowest BCUT2D eigenvalue weighted by Gasteiger charge is -2.08. The Hall–Kier alpha value is -2.37. The van der Waals surface area contributed by atoms with Crippen LogP contribution in [0.1, 0.15) is 5.56 Å². The van der Waals surface area contributed by atoms with E-state index in [0.717, 1.165) is 6.07 Å². The van der Waals surface area contributed by atoms with E-state index in [2.05, 4.69) is 14.9 Å². The van der Waals surface area contributed by atoms with Crippen molar-refractivity contribution in [2.75, 3.05) is 4.72 Å². The third-order valence-corrected chi connectivity index (χ3v) is 3.77. The number of rotatable bonds is 3. The van der Waals surface area contributed by atoms with E-state index < -0.39 is 15.8 Å². The lowest BCUT2D eigenvalue weighted by atomic mass is 10.2. The van der Waals surface area contributed by atoms with Gasteiger partial charge in [-0.1, -0.05) is 17.7 Å². The fourth-order valence-corrected chi connectivity index (χ4v) is 2.55. The lowest BCUT2D eigenvalue weighted by Crippen LogP contribution is -2.14. The zero-order chi connectivity index (χ0) is 14.8. The number of anilines is 1. The Bertz CT molecular complexity index is 802. The second-order valence-corrected chi connectivity index (χ2v) is 5.72. The topological polar surface area (TPSA) is 116 Å². The number of sulfonamides is 1. The van der Waals surface area contributed by atoms with Gasteiger partial charge in [0.15, 0.2) is 10.9 Å². The summed E-state index contributed by atoms with van der Waals surface area (Å²) in [5, 5.41) is 25.1. The monoisotopic (exact) mass is 310 g/mol. The molecule has 102 valence electrons. The molecular formula is C11H7ClN4O3S. The van der Waals surface area contributed by atoms with Gasteiger partial charge < -0.3 is 5.11 Å². The molecule has 7 nitrogen and oxygen atoms in total. The molecule has 0 spiro atoms. The molecule has 20 heavy (non-hydrogen) atoms. The molecule has 1 heterocycles. The highest BCUT2D eigenvalue weighted by atomic mass is 35.5. The molecule has 0 fully saturated rings. The molecule has 0 aliphatic heterocycles. The Labute approximate surface area is 119 Å². The fourth-order valence-electron chi connectivity index (χ4n) is 1.35. The molecule has 2 N–H and O–H groups in total. The molecule has 1 aromatic carbocycles. The van der Waals surface area contributed by atoms with E-state index >= 15 is 0 Å². The largest absolute Gasteiger partial charge is 0.504 e. The molecule has 0 aliphatic rings. The smallest absolute Gasteiger partial charge is 0.263 e. The first-order chi connectivity index (χ1) is 9.42. The minimum atomic E-state index is -3.99. The highest BCUT2D eigenvalue weighted by Crippen LogP contribution is 2.24. The summed E-state index contributed by atoms with van der Waals surface area (Å²) in [6.07, 6.45) is 0. The van der Waals surface area contributed by atoms with Crippen LogP contribution in [0.5, 0.6) is 5.75 Å². The van der Waals surface area contributed by atoms with Crippen molar-refractivity contribution in [1.82, 2.24) is 10.2 Å². The number of hydrogen-bond acceptors (Lipinski definition) is 6. The van der Waals surface area contributed by atoms with Crippen LogP contribution in [0, 0.1) is 11.3 Å². The minimum absolute atomic E-state index is 0.0723. The van der Waals surface area contributed by atoms with Gasteiger partial charge in [0, 0.05) is 6.07 Å². The maximum atomic E-state index is 12.1. The van der Waals surface area contributed by atoms with Crippen molar-refractivity contribution in [2.24, 2.45) is 0 Å². The van der Waals surface area contributed by atoms with Gasteiger partial charge in [0.2, 0.25) is 5.82 Å². The fraction of sp³-hybridized carbons (Fsp3) is 0. The highest BCUT2D eigenvalue weighted by molar-refractivity contribution is 7.92. The number of nitrogens with one attached hydrogen (secondary N) is 1. The van der Waals surface area contributed by atoms with Gasteiger partial charge in [-0.25, -0.2) is 8.42 Å². The average Bonchev–Trinajstić information content (AvgIpc) is 2.42. The van der Waals surface area contributed by atoms with Crippen LogP contribution >= 0.6 is 11.6 Å². The van der Waals surface area contributed by atoms with Crippen LogP contribution in [0.4, 0.5) is 5.82 Å². The molecule has 2 rings (SSSR count). The van der Waals surface area contributed by atoms with E-state index in [1.165, 1.54) is 24.3 Å². The Morgan fingerprint density at radius 3 is 2.70 bits per heavy atom. The number of aromatic nitrogens is 2. The van der Waals surface area contributed by atoms with Crippen molar-refractivity contribution in [3.63, 3.8) is 0 Å². The number of hydrogen-bond donors (Lipinski definition) is 2. The van der Waals surface area contributed by atoms with Crippen molar-refractivity contribution in [2.45, 2.75) is 4.90 Å². The summed E-state index contributed by atoms with van der Waals surface area (Å²) in [4.78, 5) is -0.132. The zero-order valence-corrected chi connectivity index (χ0v) is 11.4. The molecule has 0 saturated carbocycles. The Balaban J connectivity index is 2.38. The third-order valence-electron chi connectivity index (χ3n) is 2.25. The first kappa shape index (κ1) is 14.0. The van der Waals surface area contributed by atoms with E-state index in [1.54, 1.807) is 0 Å². The second-order valence-electron chi connectivity index (χ2n) is 3.65. The number of aromatic hydroxyl groups is 1. The second kappa shape index (κ2) is 5.32. The average molecular weight is 311 g/mol. The first-order valence-corrected chi connectivity index (χ1v) is 7.03. The molecule has 1 aromatic heterocycles. The molecular weight excluding hydrogens is 304 g/mol. The Morgan fingerprint density at radius 2 is 2.05 bits per heavy atom. The molecule has 0 unspecified atom stereocenters. The van der Waals surface area contributed by atoms with Gasteiger partial charge in [0.1, 0.15) is 0 Å². The molecule has 9 heteroatoms. The van der Waals surface area contributed by atoms with Crippen molar-refractivity contribution >= 4 is 27.4 Å². The van der Waals surface area contributed by atoms with Crippen molar-refractivity contribution in [3.8, 4) is 11.8 Å². The van der Waals surface area contributed by atoms with Gasteiger partial charge in [-0.3, -0.25) is 4.72 Å². The first-order valence-electron chi connectivity index (χ1n) is 5.17. The summed E-state index contributed by atoms with van der Waals surface area (Å²) in [7, 11) is -3.99. The van der Waals surface area contributed by atoms with E-state index in [9.17, 15) is 13.5 Å². The molecule has 0 bridgehead atoms. The van der Waals surface area contributed by atoms with Crippen LogP contribution in [0.2, 0.25) is 5.15 Å². The molecule has 0 radical (unpaired) electrons. The van der Waals surface area contributed by atoms with Gasteiger partial charge >= 0.3 is 0 Å². The van der Waals surface area contributed by atoms with Crippen LogP contribution in [0.25, 0.3) is 0 Å². The van der Waals surface area contributed by atoms with Gasteiger partial charge in [-0.2, -0.15) is 5.26 Å². The van der Waals surface area contributed by atoms with Crippen LogP contribution in [-0.2, 0) is 10.0 Å². The third kappa shape index (κ3) is 2.96. The molecule has 0 amide bonds. The number of nitrogens with zero attached hydrogens (tertiary/aromatic N) is 3. The molecule has 0 atom stereocenters. The normalized spacial score (nSPS) is 10.8. The Kier molecular flexibility index (Phi) is 3.74. The molecule has 0 aliphatic carbocycles. The predicted molar refractivity (Wildman–Crippen MR) is 70.7 cm³/mol. The predicted octanol–water partition coefficient (Wildman–Crippen LogP) is 1.51. The van der Waals surface area contributed by atoms with Crippen LogP contribution in [0.15, 0.2) is 35.2 Å². The summed E-state index contributed by atoms with van der Waals surface area (Å²) < 4.78 is 26.2. The zero-order valence-electron chi connectivity index (χ0n) is 9.78. The lowest BCUT2D eigenvalue weighted by molar-refractivity contribution is 0.473. The van der Waals surface area contributed by atoms with Crippen molar-refractivity contribution in [3.05, 3.63) is 41.0 Å². The van der Waals surface area contributed by atoms with E-state index in [0.29, 0.717) is 0 Å². The SMILES string of the molecule is N#Cc1cccc(S(=O)(=O)Nc2nnc(Cl)cc2O)c1. The maximum absolute atomic E-state index is 12.1. The maximum Gasteiger partial charge on any atom is 0.263 e. The van der Waals surface area contributed by atoms with Gasteiger partial charge in [-0.15, -0.1) is 10.2 Å². The summed E-state index contributed by atoms with van der Waals surface area (Å²) in [6.45, 7) is 0. The highest BCUT2D eigenvalue weighted by Gasteiger charge is 2.18. The minimum Gasteiger partial charge on any atom is -0.504 e. The summed E-state index contributed by atoms with van der Waals surface area (Å²) in [5.41, 5.74) is 0.194. The molecule has 2 aromatic rings. The van der Waals surface area contributed by atoms with Crippen LogP contribution in [-0.4, -0.2) is 23.7 Å². The van der Waals surface area contributed by atoms with Gasteiger partial charge in [-0.05, 0) is 18.2 Å². The molecule has 0 saturated heterocycles. The van der Waals surface area contributed by atoms with E-state index in [1.807, 2.05) is 6.07 Å². The Morgan fingerprint density at radius 1 is 1.30 bits per heavy atom. The standard InChI is InChI=1S/C11H7ClN4O3S/c12-10-5-9(17)11(15-14-10)16-20(18,19)8-3-1-2-7(4-8)6-13/h1-5H,(H,14,17)(H,15,16). The number of benzene rings is 1. The summed E-state index contributed by atoms with van der Waals surface area (Å²) >= 11 is 5.50. The van der Waals surface area contributed by atoms with Gasteiger partial charge in [0.25, 0.3) is 10.0 Å².